The zero-order valence-corrected chi connectivity index (χ0v) is 34.9. The third-order valence-electron chi connectivity index (χ3n) is 10.8. The molecule has 0 aliphatic carbocycles. The van der Waals surface area contributed by atoms with E-state index in [-0.39, 0.29) is 11.9 Å². The molecule has 1 aromatic rings. The van der Waals surface area contributed by atoms with Gasteiger partial charge in [0.1, 0.15) is 0 Å². The van der Waals surface area contributed by atoms with Crippen LogP contribution in [0.3, 0.4) is 0 Å². The number of carbonyl (C=O) groups excluding carboxylic acids is 1. The van der Waals surface area contributed by atoms with Gasteiger partial charge in [0, 0.05) is 13.5 Å². The predicted molar refractivity (Wildman–Crippen MR) is 227 cm³/mol. The first-order chi connectivity index (χ1) is 25.6. The first kappa shape index (κ1) is 48.3. The summed E-state index contributed by atoms with van der Waals surface area (Å²) >= 11 is 0. The van der Waals surface area contributed by atoms with E-state index in [1.807, 2.05) is 6.07 Å². The van der Waals surface area contributed by atoms with Gasteiger partial charge in [-0.2, -0.15) is 0 Å². The number of methoxy groups -OCH3 is 1. The Kier molecular flexibility index (Phi) is 33.7. The highest BCUT2D eigenvalue weighted by Crippen LogP contribution is 2.19. The SMILES string of the molecule is CCCCCCCCCCCCCCCCCC(=O)N[C@H](COC)[C@H](O)C(/C=C/c1ccccc1)N(CCCCCCCC)CCCCCCCC. The molecule has 0 saturated carbocycles. The van der Waals surface area contributed by atoms with E-state index in [0.29, 0.717) is 13.0 Å². The second kappa shape index (κ2) is 36.3. The van der Waals surface area contributed by atoms with Crippen molar-refractivity contribution in [1.29, 1.82) is 0 Å². The maximum atomic E-state index is 13.2. The Balaban J connectivity index is 2.71. The summed E-state index contributed by atoms with van der Waals surface area (Å²) in [5, 5.41) is 15.3. The fourth-order valence-electron chi connectivity index (χ4n) is 7.40. The Bertz CT molecular complexity index is 906. The lowest BCUT2D eigenvalue weighted by atomic mass is 9.98. The summed E-state index contributed by atoms with van der Waals surface area (Å²) in [5.41, 5.74) is 1.12. The highest BCUT2D eigenvalue weighted by molar-refractivity contribution is 5.76. The Hall–Kier alpha value is -1.69. The maximum Gasteiger partial charge on any atom is 0.220 e. The van der Waals surface area contributed by atoms with E-state index in [2.05, 4.69) is 67.4 Å². The third kappa shape index (κ3) is 27.0. The van der Waals surface area contributed by atoms with Gasteiger partial charge in [0.15, 0.2) is 0 Å². The number of nitrogens with zero attached hydrogens (tertiary/aromatic N) is 1. The van der Waals surface area contributed by atoms with Gasteiger partial charge in [0.25, 0.3) is 0 Å². The van der Waals surface area contributed by atoms with Crippen molar-refractivity contribution in [3.8, 4) is 0 Å². The second-order valence-electron chi connectivity index (χ2n) is 15.7. The lowest BCUT2D eigenvalue weighted by Gasteiger charge is -2.37. The third-order valence-corrected chi connectivity index (χ3v) is 10.8. The van der Waals surface area contributed by atoms with Crippen LogP contribution >= 0.6 is 0 Å². The molecule has 1 rings (SSSR count). The number of hydrogen-bond acceptors (Lipinski definition) is 4. The van der Waals surface area contributed by atoms with Gasteiger partial charge >= 0.3 is 0 Å². The van der Waals surface area contributed by atoms with Crippen LogP contribution < -0.4 is 5.32 Å². The number of unbranched alkanes of at least 4 members (excludes halogenated alkanes) is 24. The van der Waals surface area contributed by atoms with Gasteiger partial charge in [0.2, 0.25) is 5.91 Å². The fraction of sp³-hybridized carbons (Fsp3) is 0.809. The molecule has 0 fully saturated rings. The number of aliphatic hydroxyl groups excluding tert-OH is 1. The molecule has 5 heteroatoms. The van der Waals surface area contributed by atoms with Gasteiger partial charge < -0.3 is 15.2 Å². The van der Waals surface area contributed by atoms with E-state index in [9.17, 15) is 9.90 Å². The van der Waals surface area contributed by atoms with Crippen LogP contribution in [0, 0.1) is 0 Å². The van der Waals surface area contributed by atoms with E-state index in [1.54, 1.807) is 7.11 Å². The van der Waals surface area contributed by atoms with E-state index < -0.39 is 12.1 Å². The summed E-state index contributed by atoms with van der Waals surface area (Å²) in [5.74, 6) is 0.0278. The molecule has 0 aliphatic heterocycles. The van der Waals surface area contributed by atoms with Crippen LogP contribution in [0.4, 0.5) is 0 Å². The lowest BCUT2D eigenvalue weighted by Crippen LogP contribution is -2.55. The second-order valence-corrected chi connectivity index (χ2v) is 15.7. The molecule has 0 radical (unpaired) electrons. The van der Waals surface area contributed by atoms with Gasteiger partial charge in [0.05, 0.1) is 24.8 Å². The average Bonchev–Trinajstić information content (AvgIpc) is 3.15. The minimum atomic E-state index is -0.773. The Labute approximate surface area is 323 Å². The number of amides is 1. The molecule has 302 valence electrons. The van der Waals surface area contributed by atoms with Crippen molar-refractivity contribution in [3.63, 3.8) is 0 Å². The Morgan fingerprint density at radius 2 is 1.04 bits per heavy atom. The summed E-state index contributed by atoms with van der Waals surface area (Å²) in [7, 11) is 1.67. The first-order valence-electron chi connectivity index (χ1n) is 22.5. The fourth-order valence-corrected chi connectivity index (χ4v) is 7.40. The van der Waals surface area contributed by atoms with Gasteiger partial charge in [-0.05, 0) is 37.9 Å². The molecule has 0 heterocycles. The first-order valence-corrected chi connectivity index (χ1v) is 22.5. The van der Waals surface area contributed by atoms with Gasteiger partial charge in [-0.1, -0.05) is 217 Å². The molecule has 3 atom stereocenters. The van der Waals surface area contributed by atoms with Crippen LogP contribution in [0.5, 0.6) is 0 Å². The summed E-state index contributed by atoms with van der Waals surface area (Å²) in [6.45, 7) is 9.02. The molecule has 1 unspecified atom stereocenters. The quantitative estimate of drug-likeness (QED) is 0.0666. The number of carbonyl (C=O) groups is 1. The summed E-state index contributed by atoms with van der Waals surface area (Å²) in [4.78, 5) is 15.7. The number of nitrogens with one attached hydrogen (secondary N) is 1. The Morgan fingerprint density at radius 3 is 1.46 bits per heavy atom. The van der Waals surface area contributed by atoms with Crippen LogP contribution in [0.2, 0.25) is 0 Å². The van der Waals surface area contributed by atoms with Gasteiger partial charge in [-0.3, -0.25) is 9.69 Å². The molecule has 0 bridgehead atoms. The molecular weight excluding hydrogens is 641 g/mol. The maximum absolute atomic E-state index is 13.2. The Morgan fingerprint density at radius 1 is 0.635 bits per heavy atom. The standard InChI is InChI=1S/C47H86N2O3/c1-5-8-11-14-17-18-19-20-21-22-23-24-25-26-32-37-46(50)48-44(42-52-4)47(51)45(39-38-43-35-30-29-31-36-43)49(40-33-27-15-12-9-6-2)41-34-28-16-13-10-7-3/h29-31,35-36,38-39,44-45,47,51H,5-28,32-34,37,40-42H2,1-4H3,(H,48,50)/b39-38+/t44-,45?,47+/m1/s1. The van der Waals surface area contributed by atoms with Crippen LogP contribution in [0.15, 0.2) is 36.4 Å². The van der Waals surface area contributed by atoms with Crippen molar-refractivity contribution < 1.29 is 14.6 Å². The van der Waals surface area contributed by atoms with Crippen molar-refractivity contribution in [2.24, 2.45) is 0 Å². The summed E-state index contributed by atoms with van der Waals surface area (Å²) < 4.78 is 5.60. The molecule has 2 N–H and O–H groups in total. The summed E-state index contributed by atoms with van der Waals surface area (Å²) in [6, 6.07) is 9.70. The van der Waals surface area contributed by atoms with Gasteiger partial charge in [-0.15, -0.1) is 0 Å². The summed E-state index contributed by atoms with van der Waals surface area (Å²) in [6.07, 6.45) is 38.7. The van der Waals surface area contributed by atoms with E-state index >= 15 is 0 Å². The van der Waals surface area contributed by atoms with Crippen LogP contribution in [0.25, 0.3) is 6.08 Å². The number of rotatable bonds is 38. The van der Waals surface area contributed by atoms with Crippen molar-refractivity contribution in [2.75, 3.05) is 26.8 Å². The number of ether oxygens (including phenoxy) is 1. The minimum Gasteiger partial charge on any atom is -0.389 e. The largest absolute Gasteiger partial charge is 0.389 e. The monoisotopic (exact) mass is 727 g/mol. The molecule has 5 nitrogen and oxygen atoms in total. The van der Waals surface area contributed by atoms with Crippen LogP contribution in [-0.4, -0.2) is 60.9 Å². The predicted octanol–water partition coefficient (Wildman–Crippen LogP) is 12.8. The molecule has 0 aromatic heterocycles. The molecule has 0 aliphatic rings. The smallest absolute Gasteiger partial charge is 0.220 e. The minimum absolute atomic E-state index is 0.0278. The zero-order valence-electron chi connectivity index (χ0n) is 34.9. The zero-order chi connectivity index (χ0) is 37.7. The number of aliphatic hydroxyl groups is 1. The molecule has 0 saturated heterocycles. The van der Waals surface area contributed by atoms with Crippen LogP contribution in [0.1, 0.15) is 206 Å². The normalized spacial score (nSPS) is 13.6. The molecule has 52 heavy (non-hydrogen) atoms. The molecule has 1 aromatic carbocycles. The topological polar surface area (TPSA) is 61.8 Å². The highest BCUT2D eigenvalue weighted by Gasteiger charge is 2.31. The molecule has 0 spiro atoms. The number of hydrogen-bond donors (Lipinski definition) is 2. The van der Waals surface area contributed by atoms with E-state index in [1.165, 1.54) is 148 Å². The average molecular weight is 727 g/mol. The number of benzene rings is 1. The van der Waals surface area contributed by atoms with Crippen molar-refractivity contribution >= 4 is 12.0 Å². The van der Waals surface area contributed by atoms with E-state index in [0.717, 1.165) is 44.3 Å². The van der Waals surface area contributed by atoms with Crippen LogP contribution in [-0.2, 0) is 9.53 Å². The van der Waals surface area contributed by atoms with Crippen molar-refractivity contribution in [2.45, 2.75) is 219 Å². The highest BCUT2D eigenvalue weighted by atomic mass is 16.5. The van der Waals surface area contributed by atoms with E-state index in [4.69, 9.17) is 4.74 Å². The lowest BCUT2D eigenvalue weighted by molar-refractivity contribution is -0.123. The van der Waals surface area contributed by atoms with Crippen molar-refractivity contribution in [1.82, 2.24) is 10.2 Å². The molecular formula is C47H86N2O3. The van der Waals surface area contributed by atoms with Gasteiger partial charge in [-0.25, -0.2) is 0 Å². The van der Waals surface area contributed by atoms with Crippen molar-refractivity contribution in [3.05, 3.63) is 42.0 Å². The molecule has 1 amide bonds.